The van der Waals surface area contributed by atoms with E-state index in [4.69, 9.17) is 5.73 Å². The van der Waals surface area contributed by atoms with Crippen LogP contribution in [0.1, 0.15) is 24.6 Å². The lowest BCUT2D eigenvalue weighted by molar-refractivity contribution is -0.119. The molecule has 2 rings (SSSR count). The maximum Gasteiger partial charge on any atom is 0.231 e. The van der Waals surface area contributed by atoms with Crippen LogP contribution < -0.4 is 10.6 Å². The van der Waals surface area contributed by atoms with Crippen molar-refractivity contribution in [1.82, 2.24) is 9.88 Å². The molecule has 2 heterocycles. The molecule has 0 radical (unpaired) electrons. The molecule has 0 saturated carbocycles. The highest BCUT2D eigenvalue weighted by Gasteiger charge is 2.28. The van der Waals surface area contributed by atoms with Crippen LogP contribution in [0.4, 0.5) is 5.82 Å². The van der Waals surface area contributed by atoms with Crippen molar-refractivity contribution in [2.75, 3.05) is 32.1 Å². The van der Waals surface area contributed by atoms with Gasteiger partial charge < -0.3 is 10.6 Å². The van der Waals surface area contributed by atoms with Gasteiger partial charge in [0.1, 0.15) is 5.82 Å². The highest BCUT2D eigenvalue weighted by atomic mass is 16.1. The van der Waals surface area contributed by atoms with Crippen LogP contribution in [-0.4, -0.2) is 43.0 Å². The third-order valence-electron chi connectivity index (χ3n) is 3.28. The maximum atomic E-state index is 11.1. The second-order valence-electron chi connectivity index (χ2n) is 4.91. The molecule has 18 heavy (non-hydrogen) atoms. The first-order chi connectivity index (χ1) is 8.58. The van der Waals surface area contributed by atoms with Gasteiger partial charge >= 0.3 is 0 Å². The average Bonchev–Trinajstić information content (AvgIpc) is 2.76. The number of rotatable bonds is 4. The first-order valence-corrected chi connectivity index (χ1v) is 6.24. The van der Waals surface area contributed by atoms with Crippen LogP contribution in [0.15, 0.2) is 18.2 Å². The van der Waals surface area contributed by atoms with Crippen molar-refractivity contribution in [2.24, 2.45) is 5.73 Å². The number of pyridine rings is 1. The average molecular weight is 248 g/mol. The summed E-state index contributed by atoms with van der Waals surface area (Å²) in [4.78, 5) is 19.8. The Labute approximate surface area is 108 Å². The Morgan fingerprint density at radius 1 is 1.56 bits per heavy atom. The maximum absolute atomic E-state index is 11.1. The minimum absolute atomic E-state index is 0.220. The van der Waals surface area contributed by atoms with Crippen molar-refractivity contribution in [1.29, 1.82) is 0 Å². The number of primary amides is 1. The number of carbonyl (C=O) groups excluding carboxylic acids is 1. The van der Waals surface area contributed by atoms with Crippen molar-refractivity contribution >= 4 is 11.7 Å². The first kappa shape index (κ1) is 12.8. The molecule has 1 atom stereocenters. The molecule has 5 heteroatoms. The van der Waals surface area contributed by atoms with E-state index in [0.29, 0.717) is 6.54 Å². The summed E-state index contributed by atoms with van der Waals surface area (Å²) < 4.78 is 0. The van der Waals surface area contributed by atoms with Crippen LogP contribution in [0.5, 0.6) is 0 Å². The summed E-state index contributed by atoms with van der Waals surface area (Å²) in [6.45, 7) is 1.24. The van der Waals surface area contributed by atoms with Gasteiger partial charge in [-0.05, 0) is 31.5 Å². The Kier molecular flexibility index (Phi) is 3.81. The van der Waals surface area contributed by atoms with Gasteiger partial charge in [-0.15, -0.1) is 0 Å². The number of aromatic nitrogens is 1. The molecular formula is C13H20N4O. The smallest absolute Gasteiger partial charge is 0.231 e. The van der Waals surface area contributed by atoms with Gasteiger partial charge in [0, 0.05) is 14.1 Å². The summed E-state index contributed by atoms with van der Waals surface area (Å²) in [6, 6.07) is 6.24. The third kappa shape index (κ3) is 2.79. The van der Waals surface area contributed by atoms with E-state index in [9.17, 15) is 4.79 Å². The lowest BCUT2D eigenvalue weighted by Gasteiger charge is -2.23. The molecule has 5 nitrogen and oxygen atoms in total. The molecule has 0 aromatic carbocycles. The summed E-state index contributed by atoms with van der Waals surface area (Å²) >= 11 is 0. The number of carbonyl (C=O) groups is 1. The molecule has 1 aromatic heterocycles. The van der Waals surface area contributed by atoms with Crippen LogP contribution in [-0.2, 0) is 4.79 Å². The normalized spacial score (nSPS) is 20.0. The molecule has 1 amide bonds. The standard InChI is InChI=1S/C13H20N4O/c1-16(2)13-7-3-5-10(15-13)11-6-4-8-17(11)9-12(14)18/h3,5,7,11H,4,6,8-9H2,1-2H3,(H2,14,18). The molecule has 1 unspecified atom stereocenters. The Hall–Kier alpha value is -1.62. The van der Waals surface area contributed by atoms with Gasteiger partial charge in [-0.1, -0.05) is 6.07 Å². The summed E-state index contributed by atoms with van der Waals surface area (Å²) in [6.07, 6.45) is 2.13. The molecule has 1 saturated heterocycles. The number of anilines is 1. The number of likely N-dealkylation sites (tertiary alicyclic amines) is 1. The molecule has 1 aliphatic rings. The van der Waals surface area contributed by atoms with Gasteiger partial charge in [0.05, 0.1) is 18.3 Å². The fourth-order valence-electron chi connectivity index (χ4n) is 2.42. The van der Waals surface area contributed by atoms with Crippen molar-refractivity contribution in [3.05, 3.63) is 23.9 Å². The van der Waals surface area contributed by atoms with Gasteiger partial charge in [-0.3, -0.25) is 9.69 Å². The number of nitrogens with two attached hydrogens (primary N) is 1. The molecule has 98 valence electrons. The summed E-state index contributed by atoms with van der Waals surface area (Å²) in [5.41, 5.74) is 6.31. The highest BCUT2D eigenvalue weighted by molar-refractivity contribution is 5.76. The van der Waals surface area contributed by atoms with Crippen LogP contribution in [0.2, 0.25) is 0 Å². The number of amides is 1. The predicted molar refractivity (Wildman–Crippen MR) is 71.3 cm³/mol. The topological polar surface area (TPSA) is 62.5 Å². The van der Waals surface area contributed by atoms with E-state index in [-0.39, 0.29) is 11.9 Å². The lowest BCUT2D eigenvalue weighted by Crippen LogP contribution is -2.33. The van der Waals surface area contributed by atoms with E-state index >= 15 is 0 Å². The minimum atomic E-state index is -0.273. The number of hydrogen-bond acceptors (Lipinski definition) is 4. The van der Waals surface area contributed by atoms with E-state index in [1.54, 1.807) is 0 Å². The van der Waals surface area contributed by atoms with Crippen molar-refractivity contribution in [2.45, 2.75) is 18.9 Å². The number of nitrogens with zero attached hydrogens (tertiary/aromatic N) is 3. The SMILES string of the molecule is CN(C)c1cccc(C2CCCN2CC(N)=O)n1. The quantitative estimate of drug-likeness (QED) is 0.855. The monoisotopic (exact) mass is 248 g/mol. The Morgan fingerprint density at radius 3 is 3.00 bits per heavy atom. The number of hydrogen-bond donors (Lipinski definition) is 1. The molecule has 1 aliphatic heterocycles. The van der Waals surface area contributed by atoms with Crippen LogP contribution in [0.25, 0.3) is 0 Å². The van der Waals surface area contributed by atoms with Crippen LogP contribution in [0.3, 0.4) is 0 Å². The largest absolute Gasteiger partial charge is 0.369 e. The third-order valence-corrected chi connectivity index (χ3v) is 3.28. The summed E-state index contributed by atoms with van der Waals surface area (Å²) in [5.74, 6) is 0.670. The zero-order valence-electron chi connectivity index (χ0n) is 11.0. The van der Waals surface area contributed by atoms with Gasteiger partial charge in [-0.2, -0.15) is 0 Å². The van der Waals surface area contributed by atoms with Gasteiger partial charge in [0.15, 0.2) is 0 Å². The van der Waals surface area contributed by atoms with E-state index < -0.39 is 0 Å². The van der Waals surface area contributed by atoms with Crippen LogP contribution in [0, 0.1) is 0 Å². The first-order valence-electron chi connectivity index (χ1n) is 6.24. The highest BCUT2D eigenvalue weighted by Crippen LogP contribution is 2.30. The van der Waals surface area contributed by atoms with Gasteiger partial charge in [0.2, 0.25) is 5.91 Å². The summed E-state index contributed by atoms with van der Waals surface area (Å²) in [7, 11) is 3.95. The zero-order valence-corrected chi connectivity index (χ0v) is 11.0. The van der Waals surface area contributed by atoms with Crippen molar-refractivity contribution < 1.29 is 4.79 Å². The molecule has 2 N–H and O–H groups in total. The molecule has 0 aliphatic carbocycles. The second-order valence-corrected chi connectivity index (χ2v) is 4.91. The fourth-order valence-corrected chi connectivity index (χ4v) is 2.42. The Morgan fingerprint density at radius 2 is 2.33 bits per heavy atom. The van der Waals surface area contributed by atoms with Crippen LogP contribution >= 0.6 is 0 Å². The molecule has 1 fully saturated rings. The minimum Gasteiger partial charge on any atom is -0.369 e. The zero-order chi connectivity index (χ0) is 13.1. The summed E-state index contributed by atoms with van der Waals surface area (Å²) in [5, 5.41) is 0. The lowest BCUT2D eigenvalue weighted by atomic mass is 10.1. The van der Waals surface area contributed by atoms with Gasteiger partial charge in [-0.25, -0.2) is 4.98 Å². The predicted octanol–water partition coefficient (Wildman–Crippen LogP) is 0.770. The van der Waals surface area contributed by atoms with E-state index in [0.717, 1.165) is 30.9 Å². The second kappa shape index (κ2) is 5.35. The van der Waals surface area contributed by atoms with Gasteiger partial charge in [0.25, 0.3) is 0 Å². The fraction of sp³-hybridized carbons (Fsp3) is 0.538. The molecule has 0 bridgehead atoms. The Bertz CT molecular complexity index is 433. The Balaban J connectivity index is 2.19. The van der Waals surface area contributed by atoms with E-state index in [1.165, 1.54) is 0 Å². The molecule has 1 aromatic rings. The van der Waals surface area contributed by atoms with E-state index in [1.807, 2.05) is 37.2 Å². The molecule has 0 spiro atoms. The van der Waals surface area contributed by atoms with Crippen molar-refractivity contribution in [3.8, 4) is 0 Å². The molecular weight excluding hydrogens is 228 g/mol. The van der Waals surface area contributed by atoms with Crippen molar-refractivity contribution in [3.63, 3.8) is 0 Å². The van der Waals surface area contributed by atoms with E-state index in [2.05, 4.69) is 9.88 Å².